The molecule has 1 unspecified atom stereocenters. The van der Waals surface area contributed by atoms with E-state index in [0.717, 1.165) is 16.5 Å². The quantitative estimate of drug-likeness (QED) is 0.510. The Morgan fingerprint density at radius 3 is 2.93 bits per heavy atom. The van der Waals surface area contributed by atoms with Crippen molar-refractivity contribution in [1.29, 1.82) is 0 Å². The summed E-state index contributed by atoms with van der Waals surface area (Å²) in [5.41, 5.74) is 2.55. The van der Waals surface area contributed by atoms with Crippen molar-refractivity contribution in [3.63, 3.8) is 0 Å². The third-order valence-electron chi connectivity index (χ3n) is 4.74. The summed E-state index contributed by atoms with van der Waals surface area (Å²) in [4.78, 5) is 29.3. The average molecular weight is 395 g/mol. The Kier molecular flexibility index (Phi) is 5.45. The van der Waals surface area contributed by atoms with Crippen LogP contribution in [-0.2, 0) is 16.1 Å². The summed E-state index contributed by atoms with van der Waals surface area (Å²) < 4.78 is 6.85. The largest absolute Gasteiger partial charge is 0.465 e. The number of rotatable bonds is 6. The number of hydrogen-bond acceptors (Lipinski definition) is 6. The number of esters is 1. The molecule has 1 saturated heterocycles. The number of thioether (sulfide) groups is 1. The van der Waals surface area contributed by atoms with E-state index < -0.39 is 0 Å². The van der Waals surface area contributed by atoms with E-state index in [1.54, 1.807) is 35.6 Å². The van der Waals surface area contributed by atoms with Gasteiger partial charge in [0, 0.05) is 40.8 Å². The number of nitrogens with zero attached hydrogens (tertiary/aromatic N) is 2. The number of ether oxygens (including phenoxy) is 1. The molecule has 2 atom stereocenters. The lowest BCUT2D eigenvalue weighted by Gasteiger charge is -2.12. The van der Waals surface area contributed by atoms with Crippen molar-refractivity contribution in [1.82, 2.24) is 14.9 Å². The SMILES string of the molecule is CCOC(=O)Cn1cc(C(=O)[C@@H]2CSC(c3cccnc3)N2)c2ccccc21. The van der Waals surface area contributed by atoms with Gasteiger partial charge >= 0.3 is 5.97 Å². The lowest BCUT2D eigenvalue weighted by Crippen LogP contribution is -2.34. The lowest BCUT2D eigenvalue weighted by molar-refractivity contribution is -0.143. The van der Waals surface area contributed by atoms with Crippen LogP contribution < -0.4 is 5.32 Å². The molecular formula is C21H21N3O3S. The molecule has 144 valence electrons. The molecule has 1 N–H and O–H groups in total. The zero-order valence-corrected chi connectivity index (χ0v) is 16.3. The van der Waals surface area contributed by atoms with E-state index in [1.165, 1.54) is 0 Å². The van der Waals surface area contributed by atoms with Gasteiger partial charge in [-0.15, -0.1) is 11.8 Å². The normalized spacial score (nSPS) is 19.0. The van der Waals surface area contributed by atoms with Crippen molar-refractivity contribution in [2.45, 2.75) is 24.9 Å². The van der Waals surface area contributed by atoms with Gasteiger partial charge in [-0.05, 0) is 24.6 Å². The minimum absolute atomic E-state index is 0.0395. The monoisotopic (exact) mass is 395 g/mol. The second kappa shape index (κ2) is 8.16. The van der Waals surface area contributed by atoms with Crippen LogP contribution in [0.4, 0.5) is 0 Å². The third-order valence-corrected chi connectivity index (χ3v) is 6.01. The van der Waals surface area contributed by atoms with Gasteiger partial charge in [-0.2, -0.15) is 0 Å². The van der Waals surface area contributed by atoms with Gasteiger partial charge in [0.05, 0.1) is 18.0 Å². The average Bonchev–Trinajstić information content (AvgIpc) is 3.34. The van der Waals surface area contributed by atoms with Gasteiger partial charge in [0.1, 0.15) is 6.54 Å². The molecular weight excluding hydrogens is 374 g/mol. The first-order chi connectivity index (χ1) is 13.7. The molecule has 3 aromatic rings. The molecule has 1 aromatic carbocycles. The van der Waals surface area contributed by atoms with Crippen molar-refractivity contribution in [2.24, 2.45) is 0 Å². The first kappa shape index (κ1) is 18.7. The van der Waals surface area contributed by atoms with Gasteiger partial charge in [-0.1, -0.05) is 24.3 Å². The number of carbonyl (C=O) groups excluding carboxylic acids is 2. The second-order valence-corrected chi connectivity index (χ2v) is 7.71. The number of pyridine rings is 1. The number of ketones is 1. The maximum atomic E-state index is 13.2. The Balaban J connectivity index is 1.59. The Morgan fingerprint density at radius 2 is 2.14 bits per heavy atom. The number of benzene rings is 1. The van der Waals surface area contributed by atoms with Crippen LogP contribution in [0.2, 0.25) is 0 Å². The van der Waals surface area contributed by atoms with Crippen LogP contribution in [0.5, 0.6) is 0 Å². The number of hydrogen-bond donors (Lipinski definition) is 1. The second-order valence-electron chi connectivity index (χ2n) is 6.58. The van der Waals surface area contributed by atoms with Crippen molar-refractivity contribution in [3.8, 4) is 0 Å². The summed E-state index contributed by atoms with van der Waals surface area (Å²) in [6.07, 6.45) is 5.33. The number of nitrogens with one attached hydrogen (secondary N) is 1. The van der Waals surface area contributed by atoms with Gasteiger partial charge in [0.2, 0.25) is 0 Å². The molecule has 0 bridgehead atoms. The van der Waals surface area contributed by atoms with E-state index >= 15 is 0 Å². The Morgan fingerprint density at radius 1 is 1.29 bits per heavy atom. The van der Waals surface area contributed by atoms with Crippen LogP contribution in [-0.4, -0.2) is 39.7 Å². The molecule has 0 spiro atoms. The molecule has 0 aliphatic carbocycles. The highest BCUT2D eigenvalue weighted by Crippen LogP contribution is 2.34. The van der Waals surface area contributed by atoms with Crippen LogP contribution in [0.3, 0.4) is 0 Å². The van der Waals surface area contributed by atoms with Gasteiger partial charge in [-0.25, -0.2) is 0 Å². The summed E-state index contributed by atoms with van der Waals surface area (Å²) in [5, 5.41) is 4.32. The minimum Gasteiger partial charge on any atom is -0.465 e. The summed E-state index contributed by atoms with van der Waals surface area (Å²) >= 11 is 1.70. The number of fused-ring (bicyclic) bond motifs is 1. The molecule has 1 fully saturated rings. The zero-order chi connectivity index (χ0) is 19.5. The molecule has 6 nitrogen and oxygen atoms in total. The predicted molar refractivity (Wildman–Crippen MR) is 109 cm³/mol. The van der Waals surface area contributed by atoms with E-state index in [0.29, 0.717) is 17.9 Å². The van der Waals surface area contributed by atoms with Crippen molar-refractivity contribution in [3.05, 3.63) is 66.1 Å². The standard InChI is InChI=1S/C21H21N3O3S/c1-2-27-19(25)12-24-11-16(15-7-3-4-8-18(15)24)20(26)17-13-28-21(23-17)14-6-5-9-22-10-14/h3-11,17,21,23H,2,12-13H2,1H3/t17-,21?/m0/s1. The molecule has 0 saturated carbocycles. The van der Waals surface area contributed by atoms with Gasteiger partial charge in [0.25, 0.3) is 0 Å². The summed E-state index contributed by atoms with van der Waals surface area (Å²) in [6, 6.07) is 11.3. The third kappa shape index (κ3) is 3.68. The van der Waals surface area contributed by atoms with Gasteiger partial charge in [0.15, 0.2) is 5.78 Å². The van der Waals surface area contributed by atoms with E-state index in [1.807, 2.05) is 42.6 Å². The number of Topliss-reactive ketones (excluding diaryl/α,β-unsaturated/α-hetero) is 1. The maximum absolute atomic E-state index is 13.2. The van der Waals surface area contributed by atoms with Crippen molar-refractivity contribution >= 4 is 34.4 Å². The Bertz CT molecular complexity index is 1000. The topological polar surface area (TPSA) is 73.2 Å². The molecule has 0 radical (unpaired) electrons. The van der Waals surface area contributed by atoms with Crippen LogP contribution in [0, 0.1) is 0 Å². The predicted octanol–water partition coefficient (Wildman–Crippen LogP) is 3.19. The van der Waals surface area contributed by atoms with E-state index in [2.05, 4.69) is 10.3 Å². The molecule has 2 aromatic heterocycles. The number of aromatic nitrogens is 2. The fourth-order valence-corrected chi connectivity index (χ4v) is 4.68. The highest BCUT2D eigenvalue weighted by atomic mass is 32.2. The fourth-order valence-electron chi connectivity index (χ4n) is 3.45. The van der Waals surface area contributed by atoms with Crippen molar-refractivity contribution < 1.29 is 14.3 Å². The van der Waals surface area contributed by atoms with Crippen LogP contribution in [0.1, 0.15) is 28.2 Å². The van der Waals surface area contributed by atoms with E-state index in [9.17, 15) is 9.59 Å². The minimum atomic E-state index is -0.312. The highest BCUT2D eigenvalue weighted by Gasteiger charge is 2.32. The summed E-state index contributed by atoms with van der Waals surface area (Å²) in [5.74, 6) is 0.418. The Hall–Kier alpha value is -2.64. The molecule has 7 heteroatoms. The molecule has 3 heterocycles. The molecule has 28 heavy (non-hydrogen) atoms. The smallest absolute Gasteiger partial charge is 0.325 e. The van der Waals surface area contributed by atoms with Gasteiger partial charge < -0.3 is 9.30 Å². The van der Waals surface area contributed by atoms with Gasteiger partial charge in [-0.3, -0.25) is 19.9 Å². The van der Waals surface area contributed by atoms with Crippen LogP contribution in [0.25, 0.3) is 10.9 Å². The molecule has 4 rings (SSSR count). The van der Waals surface area contributed by atoms with Crippen molar-refractivity contribution in [2.75, 3.05) is 12.4 Å². The Labute approximate surface area is 167 Å². The lowest BCUT2D eigenvalue weighted by atomic mass is 10.0. The number of para-hydroxylation sites is 1. The first-order valence-corrected chi connectivity index (χ1v) is 10.3. The summed E-state index contributed by atoms with van der Waals surface area (Å²) in [6.45, 7) is 2.21. The molecule has 1 aliphatic rings. The number of carbonyl (C=O) groups is 2. The first-order valence-electron chi connectivity index (χ1n) is 9.22. The maximum Gasteiger partial charge on any atom is 0.325 e. The molecule has 1 aliphatic heterocycles. The van der Waals surface area contributed by atoms with Crippen LogP contribution in [0.15, 0.2) is 55.0 Å². The highest BCUT2D eigenvalue weighted by molar-refractivity contribution is 7.99. The zero-order valence-electron chi connectivity index (χ0n) is 15.5. The molecule has 0 amide bonds. The summed E-state index contributed by atoms with van der Waals surface area (Å²) in [7, 11) is 0. The van der Waals surface area contributed by atoms with Crippen LogP contribution >= 0.6 is 11.8 Å². The fraction of sp³-hybridized carbons (Fsp3) is 0.286. The van der Waals surface area contributed by atoms with E-state index in [4.69, 9.17) is 4.74 Å². The van der Waals surface area contributed by atoms with E-state index in [-0.39, 0.29) is 29.7 Å².